The summed E-state index contributed by atoms with van der Waals surface area (Å²) < 4.78 is 10.3. The van der Waals surface area contributed by atoms with Gasteiger partial charge >= 0.3 is 0 Å². The van der Waals surface area contributed by atoms with Gasteiger partial charge in [0.25, 0.3) is 0 Å². The van der Waals surface area contributed by atoms with Gasteiger partial charge in [0.15, 0.2) is 5.82 Å². The van der Waals surface area contributed by atoms with Gasteiger partial charge in [-0.2, -0.15) is 4.98 Å². The zero-order valence-electron chi connectivity index (χ0n) is 10.6. The number of benzene rings is 1. The fraction of sp³-hybridized carbons (Fsp3) is 0.385. The quantitative estimate of drug-likeness (QED) is 0.849. The first-order valence-corrected chi connectivity index (χ1v) is 5.94. The van der Waals surface area contributed by atoms with Gasteiger partial charge in [0.2, 0.25) is 5.89 Å². The Bertz CT molecular complexity index is 470. The molecule has 0 saturated heterocycles. The van der Waals surface area contributed by atoms with Gasteiger partial charge in [-0.1, -0.05) is 23.4 Å². The molecule has 0 aliphatic rings. The van der Waals surface area contributed by atoms with Crippen molar-refractivity contribution in [1.82, 2.24) is 10.1 Å². The van der Waals surface area contributed by atoms with E-state index < -0.39 is 0 Å². The molecule has 0 aliphatic carbocycles. The Balaban J connectivity index is 1.82. The number of rotatable bonds is 6. The van der Waals surface area contributed by atoms with E-state index in [9.17, 15) is 0 Å². The maximum Gasteiger partial charge on any atom is 0.228 e. The van der Waals surface area contributed by atoms with Crippen molar-refractivity contribution < 1.29 is 9.26 Å². The summed E-state index contributed by atoms with van der Waals surface area (Å²) in [6, 6.07) is 10.0. The van der Waals surface area contributed by atoms with Gasteiger partial charge in [0.1, 0.15) is 6.10 Å². The molecular weight excluding hydrogens is 230 g/mol. The average Bonchev–Trinajstić information content (AvgIpc) is 2.88. The third kappa shape index (κ3) is 3.30. The lowest BCUT2D eigenvalue weighted by atomic mass is 10.3. The monoisotopic (exact) mass is 247 g/mol. The van der Waals surface area contributed by atoms with Crippen molar-refractivity contribution in [2.24, 2.45) is 0 Å². The summed E-state index contributed by atoms with van der Waals surface area (Å²) >= 11 is 0. The van der Waals surface area contributed by atoms with E-state index in [0.29, 0.717) is 18.1 Å². The summed E-state index contributed by atoms with van der Waals surface area (Å²) in [5.74, 6) is 1.21. The molecule has 1 atom stereocenters. The van der Waals surface area contributed by atoms with Gasteiger partial charge in [0.05, 0.1) is 0 Å². The molecule has 0 fully saturated rings. The second-order valence-corrected chi connectivity index (χ2v) is 3.97. The van der Waals surface area contributed by atoms with Crippen LogP contribution in [0.3, 0.4) is 0 Å². The van der Waals surface area contributed by atoms with Gasteiger partial charge in [-0.05, 0) is 19.1 Å². The largest absolute Gasteiger partial charge is 0.385 e. The number of nitrogens with one attached hydrogen (secondary N) is 1. The average molecular weight is 247 g/mol. The van der Waals surface area contributed by atoms with Crippen LogP contribution >= 0.6 is 0 Å². The van der Waals surface area contributed by atoms with E-state index in [4.69, 9.17) is 9.26 Å². The highest BCUT2D eigenvalue weighted by Crippen LogP contribution is 2.12. The predicted octanol–water partition coefficient (Wildman–Crippen LogP) is 2.43. The molecule has 0 radical (unpaired) electrons. The minimum absolute atomic E-state index is 0.135. The molecule has 5 heteroatoms. The SMILES string of the molecule is COC(C)c1noc(CCNc2ccccc2)n1. The highest BCUT2D eigenvalue weighted by atomic mass is 16.5. The van der Waals surface area contributed by atoms with Gasteiger partial charge < -0.3 is 14.6 Å². The second kappa shape index (κ2) is 6.16. The van der Waals surface area contributed by atoms with Crippen molar-refractivity contribution in [3.63, 3.8) is 0 Å². The van der Waals surface area contributed by atoms with E-state index in [0.717, 1.165) is 12.2 Å². The van der Waals surface area contributed by atoms with E-state index in [-0.39, 0.29) is 6.10 Å². The van der Waals surface area contributed by atoms with Gasteiger partial charge in [-0.15, -0.1) is 0 Å². The molecule has 0 bridgehead atoms. The number of aromatic nitrogens is 2. The number of nitrogens with zero attached hydrogens (tertiary/aromatic N) is 2. The standard InChI is InChI=1S/C13H17N3O2/c1-10(17-2)13-15-12(18-16-13)8-9-14-11-6-4-3-5-7-11/h3-7,10,14H,8-9H2,1-2H3. The first-order chi connectivity index (χ1) is 8.79. The zero-order valence-corrected chi connectivity index (χ0v) is 10.6. The molecule has 96 valence electrons. The topological polar surface area (TPSA) is 60.2 Å². The molecule has 1 N–H and O–H groups in total. The van der Waals surface area contributed by atoms with Crippen LogP contribution in [0.15, 0.2) is 34.9 Å². The van der Waals surface area contributed by atoms with E-state index in [1.165, 1.54) is 0 Å². The Hall–Kier alpha value is -1.88. The summed E-state index contributed by atoms with van der Waals surface area (Å²) in [4.78, 5) is 4.27. The third-order valence-corrected chi connectivity index (χ3v) is 2.64. The Morgan fingerprint density at radius 1 is 1.33 bits per heavy atom. The molecule has 0 saturated carbocycles. The lowest BCUT2D eigenvalue weighted by Crippen LogP contribution is -2.05. The van der Waals surface area contributed by atoms with Gasteiger partial charge in [-0.25, -0.2) is 0 Å². The third-order valence-electron chi connectivity index (χ3n) is 2.64. The van der Waals surface area contributed by atoms with Crippen LogP contribution in [0.5, 0.6) is 0 Å². The lowest BCUT2D eigenvalue weighted by molar-refractivity contribution is 0.109. The van der Waals surface area contributed by atoms with Crippen molar-refractivity contribution >= 4 is 5.69 Å². The van der Waals surface area contributed by atoms with Crippen LogP contribution in [0.2, 0.25) is 0 Å². The summed E-state index contributed by atoms with van der Waals surface area (Å²) in [5, 5.41) is 7.16. The molecule has 1 aromatic heterocycles. The first-order valence-electron chi connectivity index (χ1n) is 5.94. The fourth-order valence-corrected chi connectivity index (χ4v) is 1.51. The van der Waals surface area contributed by atoms with Crippen LogP contribution in [0.1, 0.15) is 24.7 Å². The maximum absolute atomic E-state index is 5.14. The van der Waals surface area contributed by atoms with Crippen LogP contribution in [0.4, 0.5) is 5.69 Å². The highest BCUT2D eigenvalue weighted by Gasteiger charge is 2.12. The minimum atomic E-state index is -0.135. The Morgan fingerprint density at radius 2 is 2.11 bits per heavy atom. The Kier molecular flexibility index (Phi) is 4.30. The summed E-state index contributed by atoms with van der Waals surface area (Å²) in [7, 11) is 1.62. The van der Waals surface area contributed by atoms with Crippen LogP contribution in [-0.2, 0) is 11.2 Å². The normalized spacial score (nSPS) is 12.3. The van der Waals surface area contributed by atoms with Crippen LogP contribution in [0, 0.1) is 0 Å². The van der Waals surface area contributed by atoms with E-state index in [2.05, 4.69) is 15.5 Å². The van der Waals surface area contributed by atoms with Crippen LogP contribution in [-0.4, -0.2) is 23.8 Å². The molecule has 2 aromatic rings. The molecule has 2 rings (SSSR count). The second-order valence-electron chi connectivity index (χ2n) is 3.97. The molecular formula is C13H17N3O2. The minimum Gasteiger partial charge on any atom is -0.385 e. The first kappa shape index (κ1) is 12.6. The molecule has 1 heterocycles. The number of ether oxygens (including phenoxy) is 1. The molecule has 0 spiro atoms. The van der Waals surface area contributed by atoms with Crippen molar-refractivity contribution in [2.75, 3.05) is 19.0 Å². The lowest BCUT2D eigenvalue weighted by Gasteiger charge is -2.03. The molecule has 0 amide bonds. The summed E-state index contributed by atoms with van der Waals surface area (Å²) in [5.41, 5.74) is 1.09. The van der Waals surface area contributed by atoms with E-state index in [1.54, 1.807) is 7.11 Å². The number of methoxy groups -OCH3 is 1. The zero-order chi connectivity index (χ0) is 12.8. The Morgan fingerprint density at radius 3 is 2.83 bits per heavy atom. The van der Waals surface area contributed by atoms with Crippen molar-refractivity contribution in [2.45, 2.75) is 19.4 Å². The molecule has 18 heavy (non-hydrogen) atoms. The summed E-state index contributed by atoms with van der Waals surface area (Å²) in [6.07, 6.45) is 0.558. The van der Waals surface area contributed by atoms with Crippen LogP contribution < -0.4 is 5.32 Å². The molecule has 1 aromatic carbocycles. The van der Waals surface area contributed by atoms with E-state index >= 15 is 0 Å². The van der Waals surface area contributed by atoms with Crippen LogP contribution in [0.25, 0.3) is 0 Å². The maximum atomic E-state index is 5.14. The predicted molar refractivity (Wildman–Crippen MR) is 68.4 cm³/mol. The molecule has 0 aliphatic heterocycles. The van der Waals surface area contributed by atoms with Gasteiger partial charge in [0, 0.05) is 25.8 Å². The highest BCUT2D eigenvalue weighted by molar-refractivity contribution is 5.42. The van der Waals surface area contributed by atoms with E-state index in [1.807, 2.05) is 37.3 Å². The fourth-order valence-electron chi connectivity index (χ4n) is 1.51. The van der Waals surface area contributed by atoms with Crippen molar-refractivity contribution in [1.29, 1.82) is 0 Å². The smallest absolute Gasteiger partial charge is 0.228 e. The number of hydrogen-bond donors (Lipinski definition) is 1. The molecule has 5 nitrogen and oxygen atoms in total. The summed E-state index contributed by atoms with van der Waals surface area (Å²) in [6.45, 7) is 2.64. The number of para-hydroxylation sites is 1. The number of hydrogen-bond acceptors (Lipinski definition) is 5. The van der Waals surface area contributed by atoms with Crippen molar-refractivity contribution in [3.05, 3.63) is 42.0 Å². The number of anilines is 1. The Labute approximate surface area is 106 Å². The van der Waals surface area contributed by atoms with Gasteiger partial charge in [-0.3, -0.25) is 0 Å². The van der Waals surface area contributed by atoms with Crippen molar-refractivity contribution in [3.8, 4) is 0 Å². The molecule has 1 unspecified atom stereocenters.